The maximum absolute atomic E-state index is 12.5. The Morgan fingerprint density at radius 2 is 1.95 bits per heavy atom. The zero-order valence-corrected chi connectivity index (χ0v) is 10.6. The summed E-state index contributed by atoms with van der Waals surface area (Å²) in [5.41, 5.74) is 2.46. The van der Waals surface area contributed by atoms with Crippen molar-refractivity contribution in [2.24, 2.45) is 12.9 Å². The standard InChI is InChI=1S/C11H13F3N6/c1-20-18-10(17-19-20)6-9(16-15)7-2-4-8(5-3-7)11(12,13)14/h2-5,9,16H,6,15H2,1H3. The van der Waals surface area contributed by atoms with Crippen LogP contribution in [0.4, 0.5) is 13.2 Å². The quantitative estimate of drug-likeness (QED) is 0.646. The number of nitrogens with zero attached hydrogens (tertiary/aromatic N) is 4. The molecule has 2 rings (SSSR count). The normalized spacial score (nSPS) is 13.4. The second kappa shape index (κ2) is 5.55. The number of nitrogens with two attached hydrogens (primary N) is 1. The van der Waals surface area contributed by atoms with E-state index in [0.717, 1.165) is 12.1 Å². The van der Waals surface area contributed by atoms with Crippen LogP contribution >= 0.6 is 0 Å². The molecule has 6 nitrogen and oxygen atoms in total. The summed E-state index contributed by atoms with van der Waals surface area (Å²) in [6, 6.07) is 4.41. The van der Waals surface area contributed by atoms with E-state index in [1.807, 2.05) is 0 Å². The fourth-order valence-corrected chi connectivity index (χ4v) is 1.77. The third-order valence-corrected chi connectivity index (χ3v) is 2.78. The molecule has 2 aromatic rings. The maximum atomic E-state index is 12.5. The Morgan fingerprint density at radius 3 is 2.40 bits per heavy atom. The van der Waals surface area contributed by atoms with Gasteiger partial charge < -0.3 is 0 Å². The molecule has 0 aliphatic rings. The molecule has 0 amide bonds. The summed E-state index contributed by atoms with van der Waals surface area (Å²) in [4.78, 5) is 1.30. The number of tetrazole rings is 1. The molecule has 108 valence electrons. The predicted molar refractivity (Wildman–Crippen MR) is 64.0 cm³/mol. The molecular formula is C11H13F3N6. The average molecular weight is 286 g/mol. The van der Waals surface area contributed by atoms with Crippen LogP contribution in [0.1, 0.15) is 23.0 Å². The second-order valence-corrected chi connectivity index (χ2v) is 4.24. The molecule has 0 bridgehead atoms. The topological polar surface area (TPSA) is 81.7 Å². The van der Waals surface area contributed by atoms with Crippen LogP contribution < -0.4 is 11.3 Å². The summed E-state index contributed by atoms with van der Waals surface area (Å²) in [5, 5.41) is 11.5. The fraction of sp³-hybridized carbons (Fsp3) is 0.364. The van der Waals surface area contributed by atoms with Gasteiger partial charge in [-0.2, -0.15) is 18.0 Å². The van der Waals surface area contributed by atoms with E-state index in [1.165, 1.54) is 16.9 Å². The van der Waals surface area contributed by atoms with Gasteiger partial charge >= 0.3 is 6.18 Å². The highest BCUT2D eigenvalue weighted by Gasteiger charge is 2.30. The molecule has 1 unspecified atom stereocenters. The summed E-state index contributed by atoms with van der Waals surface area (Å²) >= 11 is 0. The first-order valence-corrected chi connectivity index (χ1v) is 5.76. The molecule has 1 aromatic heterocycles. The van der Waals surface area contributed by atoms with Crippen molar-refractivity contribution >= 4 is 0 Å². The van der Waals surface area contributed by atoms with E-state index in [4.69, 9.17) is 5.84 Å². The van der Waals surface area contributed by atoms with Gasteiger partial charge in [0, 0.05) is 6.42 Å². The van der Waals surface area contributed by atoms with Crippen molar-refractivity contribution < 1.29 is 13.2 Å². The first-order chi connectivity index (χ1) is 9.40. The van der Waals surface area contributed by atoms with Gasteiger partial charge in [-0.25, -0.2) is 0 Å². The van der Waals surface area contributed by atoms with Crippen LogP contribution in [-0.4, -0.2) is 20.2 Å². The number of aryl methyl sites for hydroxylation is 1. The first kappa shape index (κ1) is 14.4. The minimum absolute atomic E-state index is 0.329. The zero-order chi connectivity index (χ0) is 14.8. The highest BCUT2D eigenvalue weighted by Crippen LogP contribution is 2.30. The van der Waals surface area contributed by atoms with Crippen LogP contribution in [0.2, 0.25) is 0 Å². The van der Waals surface area contributed by atoms with Gasteiger partial charge in [0.15, 0.2) is 5.82 Å². The van der Waals surface area contributed by atoms with Crippen LogP contribution in [0, 0.1) is 0 Å². The summed E-state index contributed by atoms with van der Waals surface area (Å²) in [5.74, 6) is 5.88. The Labute approximate surface area is 112 Å². The van der Waals surface area contributed by atoms with Crippen molar-refractivity contribution in [3.8, 4) is 0 Å². The second-order valence-electron chi connectivity index (χ2n) is 4.24. The van der Waals surface area contributed by atoms with E-state index in [1.54, 1.807) is 7.05 Å². The molecule has 0 fully saturated rings. The van der Waals surface area contributed by atoms with Gasteiger partial charge in [0.2, 0.25) is 0 Å². The van der Waals surface area contributed by atoms with Gasteiger partial charge in [-0.3, -0.25) is 11.3 Å². The summed E-state index contributed by atoms with van der Waals surface area (Å²) in [7, 11) is 1.62. The molecule has 20 heavy (non-hydrogen) atoms. The summed E-state index contributed by atoms with van der Waals surface area (Å²) in [6.07, 6.45) is -4.02. The first-order valence-electron chi connectivity index (χ1n) is 5.76. The number of aromatic nitrogens is 4. The van der Waals surface area contributed by atoms with Crippen molar-refractivity contribution in [3.63, 3.8) is 0 Å². The van der Waals surface area contributed by atoms with E-state index in [0.29, 0.717) is 17.8 Å². The molecule has 3 N–H and O–H groups in total. The molecule has 1 heterocycles. The molecule has 0 radical (unpaired) electrons. The smallest absolute Gasteiger partial charge is 0.271 e. The molecule has 9 heteroatoms. The van der Waals surface area contributed by atoms with Crippen LogP contribution in [0.15, 0.2) is 24.3 Å². The summed E-state index contributed by atoms with van der Waals surface area (Å²) in [6.45, 7) is 0. The van der Waals surface area contributed by atoms with Crippen molar-refractivity contribution in [2.45, 2.75) is 18.6 Å². The lowest BCUT2D eigenvalue weighted by molar-refractivity contribution is -0.137. The number of alkyl halides is 3. The molecular weight excluding hydrogens is 273 g/mol. The number of benzene rings is 1. The SMILES string of the molecule is Cn1nnc(CC(NN)c2ccc(C(F)(F)F)cc2)n1. The van der Waals surface area contributed by atoms with Gasteiger partial charge in [0.1, 0.15) is 0 Å². The Balaban J connectivity index is 2.15. The van der Waals surface area contributed by atoms with E-state index in [-0.39, 0.29) is 6.04 Å². The maximum Gasteiger partial charge on any atom is 0.416 e. The van der Waals surface area contributed by atoms with Crippen molar-refractivity contribution in [3.05, 3.63) is 41.2 Å². The van der Waals surface area contributed by atoms with E-state index in [2.05, 4.69) is 20.8 Å². The lowest BCUT2D eigenvalue weighted by Crippen LogP contribution is -2.30. The summed E-state index contributed by atoms with van der Waals surface area (Å²) < 4.78 is 37.4. The van der Waals surface area contributed by atoms with Gasteiger partial charge in [-0.15, -0.1) is 10.2 Å². The minimum atomic E-state index is -4.35. The van der Waals surface area contributed by atoms with E-state index >= 15 is 0 Å². The molecule has 1 atom stereocenters. The van der Waals surface area contributed by atoms with Crippen molar-refractivity contribution in [1.29, 1.82) is 0 Å². The molecule has 0 spiro atoms. The predicted octanol–water partition coefficient (Wildman–Crippen LogP) is 0.976. The van der Waals surface area contributed by atoms with E-state index < -0.39 is 11.7 Å². The Kier molecular flexibility index (Phi) is 4.00. The van der Waals surface area contributed by atoms with E-state index in [9.17, 15) is 13.2 Å². The third kappa shape index (κ3) is 3.31. The highest BCUT2D eigenvalue weighted by molar-refractivity contribution is 5.27. The number of nitrogens with one attached hydrogen (secondary N) is 1. The Bertz CT molecular complexity index is 562. The van der Waals surface area contributed by atoms with Gasteiger partial charge in [-0.05, 0) is 22.9 Å². The van der Waals surface area contributed by atoms with Crippen LogP contribution in [0.3, 0.4) is 0 Å². The largest absolute Gasteiger partial charge is 0.416 e. The highest BCUT2D eigenvalue weighted by atomic mass is 19.4. The van der Waals surface area contributed by atoms with Gasteiger partial charge in [-0.1, -0.05) is 12.1 Å². The Morgan fingerprint density at radius 1 is 1.30 bits per heavy atom. The number of rotatable bonds is 4. The van der Waals surface area contributed by atoms with Crippen LogP contribution in [-0.2, 0) is 19.6 Å². The third-order valence-electron chi connectivity index (χ3n) is 2.78. The zero-order valence-electron chi connectivity index (χ0n) is 10.6. The molecule has 0 saturated carbocycles. The number of halogens is 3. The van der Waals surface area contributed by atoms with Crippen LogP contribution in [0.25, 0.3) is 0 Å². The van der Waals surface area contributed by atoms with Crippen LogP contribution in [0.5, 0.6) is 0 Å². The lowest BCUT2D eigenvalue weighted by Gasteiger charge is -2.15. The average Bonchev–Trinajstić information content (AvgIpc) is 2.81. The molecule has 0 aliphatic heterocycles. The minimum Gasteiger partial charge on any atom is -0.271 e. The molecule has 0 saturated heterocycles. The lowest BCUT2D eigenvalue weighted by atomic mass is 10.0. The van der Waals surface area contributed by atoms with Crippen molar-refractivity contribution in [2.75, 3.05) is 0 Å². The fourth-order valence-electron chi connectivity index (χ4n) is 1.77. The monoisotopic (exact) mass is 286 g/mol. The number of hydrogen-bond donors (Lipinski definition) is 2. The van der Waals surface area contributed by atoms with Crippen molar-refractivity contribution in [1.82, 2.24) is 25.6 Å². The molecule has 0 aliphatic carbocycles. The Hall–Kier alpha value is -2.00. The number of hydrogen-bond acceptors (Lipinski definition) is 5. The number of hydrazine groups is 1. The van der Waals surface area contributed by atoms with Gasteiger partial charge in [0.25, 0.3) is 0 Å². The molecule has 1 aromatic carbocycles. The van der Waals surface area contributed by atoms with Gasteiger partial charge in [0.05, 0.1) is 18.7 Å².